The third-order valence-electron chi connectivity index (χ3n) is 13.0. The van der Waals surface area contributed by atoms with Crippen molar-refractivity contribution in [3.63, 3.8) is 0 Å². The molecule has 6 fully saturated rings. The van der Waals surface area contributed by atoms with E-state index in [1.807, 2.05) is 9.95 Å². The molecule has 55 heavy (non-hydrogen) atoms. The first kappa shape index (κ1) is 36.3. The number of nitrogens with one attached hydrogen (secondary N) is 1. The molecule has 6 aliphatic rings. The van der Waals surface area contributed by atoms with Gasteiger partial charge in [-0.25, -0.2) is 28.5 Å². The van der Waals surface area contributed by atoms with Crippen LogP contribution in [0.2, 0.25) is 0 Å². The SMILES string of the molecule is O=C(NC1(C(=O)O)C2CC3CC(C2)CC1C3)c1cnc(-c2cn(C3CCC(F)(F)CC3)c3cc(OC4CCN(c5nccs5)CC4)ccc23)nc1C(F)(F)F. The van der Waals surface area contributed by atoms with E-state index in [4.69, 9.17) is 4.74 Å². The van der Waals surface area contributed by atoms with Gasteiger partial charge in [-0.1, -0.05) is 0 Å². The molecule has 10 nitrogen and oxygen atoms in total. The van der Waals surface area contributed by atoms with E-state index in [1.165, 1.54) is 0 Å². The van der Waals surface area contributed by atoms with Crippen LogP contribution in [0.4, 0.5) is 27.1 Å². The fourth-order valence-corrected chi connectivity index (χ4v) is 11.2. The average molecular weight is 785 g/mol. The van der Waals surface area contributed by atoms with Crippen molar-refractivity contribution in [3.8, 4) is 17.1 Å². The van der Waals surface area contributed by atoms with E-state index in [0.29, 0.717) is 54.2 Å². The molecule has 1 amide bonds. The van der Waals surface area contributed by atoms with Gasteiger partial charge in [0.1, 0.15) is 17.4 Å². The number of hydrogen-bond acceptors (Lipinski definition) is 8. The molecule has 10 rings (SSSR count). The Morgan fingerprint density at radius 2 is 1.65 bits per heavy atom. The monoisotopic (exact) mass is 784 g/mol. The Morgan fingerprint density at radius 1 is 0.964 bits per heavy atom. The number of carbonyl (C=O) groups excluding carboxylic acids is 1. The van der Waals surface area contributed by atoms with Crippen molar-refractivity contribution in [2.45, 2.75) is 100 Å². The van der Waals surface area contributed by atoms with Gasteiger partial charge in [-0.05, 0) is 80.8 Å². The summed E-state index contributed by atoms with van der Waals surface area (Å²) in [6, 6.07) is 4.90. The largest absolute Gasteiger partial charge is 0.490 e. The van der Waals surface area contributed by atoms with E-state index in [2.05, 4.69) is 25.2 Å². The molecule has 4 heterocycles. The zero-order valence-electron chi connectivity index (χ0n) is 29.9. The summed E-state index contributed by atoms with van der Waals surface area (Å²) < 4.78 is 81.1. The topological polar surface area (TPSA) is 122 Å². The van der Waals surface area contributed by atoms with E-state index in [9.17, 15) is 36.6 Å². The zero-order valence-corrected chi connectivity index (χ0v) is 30.7. The molecule has 3 aromatic heterocycles. The summed E-state index contributed by atoms with van der Waals surface area (Å²) in [7, 11) is 0. The molecule has 292 valence electrons. The molecule has 2 N–H and O–H groups in total. The Bertz CT molecular complexity index is 2080. The quantitative estimate of drug-likeness (QED) is 0.171. The summed E-state index contributed by atoms with van der Waals surface area (Å²) >= 11 is 1.58. The third kappa shape index (κ3) is 6.51. The number of carboxylic acids is 1. The Labute approximate surface area is 317 Å². The van der Waals surface area contributed by atoms with Crippen molar-refractivity contribution < 1.29 is 41.4 Å². The third-order valence-corrected chi connectivity index (χ3v) is 13.8. The normalized spacial score (nSPS) is 28.1. The number of benzene rings is 1. The standard InChI is InChI=1S/C39H41F5N6O4S/c40-37(41)7-3-25(4-8-37)50-20-30(28-2-1-27(18-31(28)50)54-26-5-10-49(11-6-26)36-45-9-12-55-36)33-46-19-29(32(47-33)39(42,43)44)34(51)48-38(35(52)53)23-14-21-13-22(16-23)17-24(38)15-21/h1-2,9,12,18-26H,3-8,10-11,13-17H2,(H,48,51)(H,52,53). The number of ether oxygens (including phenoxy) is 1. The van der Waals surface area contributed by atoms with E-state index in [-0.39, 0.29) is 61.1 Å². The molecule has 1 aliphatic heterocycles. The summed E-state index contributed by atoms with van der Waals surface area (Å²) in [5.74, 6) is -4.93. The summed E-state index contributed by atoms with van der Waals surface area (Å²) in [5.41, 5.74) is -3.14. The number of anilines is 1. The smallest absolute Gasteiger partial charge is 0.434 e. The number of alkyl halides is 5. The number of carbonyl (C=O) groups is 2. The lowest BCUT2D eigenvalue weighted by molar-refractivity contribution is -0.163. The summed E-state index contributed by atoms with van der Waals surface area (Å²) in [4.78, 5) is 41.5. The molecule has 4 aromatic rings. The molecule has 16 heteroatoms. The van der Waals surface area contributed by atoms with E-state index >= 15 is 0 Å². The van der Waals surface area contributed by atoms with Crippen LogP contribution in [-0.4, -0.2) is 67.2 Å². The minimum absolute atomic E-state index is 0.0829. The van der Waals surface area contributed by atoms with Crippen LogP contribution in [0.25, 0.3) is 22.3 Å². The van der Waals surface area contributed by atoms with E-state index < -0.39 is 40.8 Å². The first-order valence-corrected chi connectivity index (χ1v) is 20.0. The van der Waals surface area contributed by atoms with Crippen LogP contribution in [-0.2, 0) is 11.0 Å². The van der Waals surface area contributed by atoms with Gasteiger partial charge in [-0.3, -0.25) is 4.79 Å². The molecule has 0 radical (unpaired) electrons. The molecule has 1 aromatic carbocycles. The second-order valence-corrected chi connectivity index (χ2v) is 17.1. The van der Waals surface area contributed by atoms with Gasteiger partial charge in [0.15, 0.2) is 16.6 Å². The van der Waals surface area contributed by atoms with Crippen molar-refractivity contribution >= 4 is 39.2 Å². The van der Waals surface area contributed by atoms with Crippen molar-refractivity contribution in [2.24, 2.45) is 23.7 Å². The Hall–Kier alpha value is -4.34. The molecule has 5 saturated carbocycles. The maximum absolute atomic E-state index is 14.8. The minimum atomic E-state index is -5.08. The van der Waals surface area contributed by atoms with E-state index in [1.54, 1.807) is 41.9 Å². The van der Waals surface area contributed by atoms with Gasteiger partial charge in [0, 0.05) is 85.8 Å². The van der Waals surface area contributed by atoms with Crippen LogP contribution in [0.3, 0.4) is 0 Å². The predicted molar refractivity (Wildman–Crippen MR) is 193 cm³/mol. The lowest BCUT2D eigenvalue weighted by atomic mass is 9.48. The Kier molecular flexibility index (Phi) is 8.85. The number of halogens is 5. The predicted octanol–water partition coefficient (Wildman–Crippen LogP) is 8.38. The van der Waals surface area contributed by atoms with Crippen molar-refractivity contribution in [1.29, 1.82) is 0 Å². The zero-order chi connectivity index (χ0) is 38.3. The highest BCUT2D eigenvalue weighted by molar-refractivity contribution is 7.13. The second kappa shape index (κ2) is 13.4. The molecule has 0 spiro atoms. The lowest BCUT2D eigenvalue weighted by Crippen LogP contribution is -2.70. The van der Waals surface area contributed by atoms with Gasteiger partial charge in [0.05, 0.1) is 11.1 Å². The maximum atomic E-state index is 14.8. The number of hydrogen-bond donors (Lipinski definition) is 2. The van der Waals surface area contributed by atoms with Gasteiger partial charge in [-0.15, -0.1) is 11.3 Å². The van der Waals surface area contributed by atoms with Crippen molar-refractivity contribution in [3.05, 3.63) is 53.4 Å². The fourth-order valence-electron chi connectivity index (χ4n) is 10.5. The van der Waals surface area contributed by atoms with Crippen molar-refractivity contribution in [1.82, 2.24) is 24.8 Å². The average Bonchev–Trinajstić information content (AvgIpc) is 3.82. The van der Waals surface area contributed by atoms with Gasteiger partial charge in [0.2, 0.25) is 5.92 Å². The fraction of sp³-hybridized carbons (Fsp3) is 0.564. The highest BCUT2D eigenvalue weighted by atomic mass is 32.1. The summed E-state index contributed by atoms with van der Waals surface area (Å²) in [6.07, 6.45) is 3.73. The van der Waals surface area contributed by atoms with Crippen LogP contribution in [0, 0.1) is 23.7 Å². The molecule has 4 bridgehead atoms. The Balaban J connectivity index is 1.04. The number of nitrogens with zero attached hydrogens (tertiary/aromatic N) is 5. The van der Waals surface area contributed by atoms with Crippen LogP contribution < -0.4 is 15.0 Å². The molecule has 0 unspecified atom stereocenters. The molecule has 1 saturated heterocycles. The van der Waals surface area contributed by atoms with Gasteiger partial charge in [-0.2, -0.15) is 13.2 Å². The number of aliphatic carboxylic acids is 1. The number of piperidine rings is 1. The second-order valence-electron chi connectivity index (χ2n) is 16.2. The number of thiazole rings is 1. The van der Waals surface area contributed by atoms with Crippen LogP contribution in [0.5, 0.6) is 5.75 Å². The van der Waals surface area contributed by atoms with Gasteiger partial charge < -0.3 is 24.6 Å². The highest BCUT2D eigenvalue weighted by Gasteiger charge is 2.62. The summed E-state index contributed by atoms with van der Waals surface area (Å²) in [6.45, 7) is 1.53. The molecule has 0 atom stereocenters. The summed E-state index contributed by atoms with van der Waals surface area (Å²) in [5, 5.41) is 16.5. The first-order valence-electron chi connectivity index (χ1n) is 19.1. The van der Waals surface area contributed by atoms with Crippen LogP contribution >= 0.6 is 11.3 Å². The maximum Gasteiger partial charge on any atom is 0.434 e. The van der Waals surface area contributed by atoms with Crippen molar-refractivity contribution in [2.75, 3.05) is 18.0 Å². The Morgan fingerprint density at radius 3 is 2.27 bits per heavy atom. The van der Waals surface area contributed by atoms with Gasteiger partial charge in [0.25, 0.3) is 5.91 Å². The lowest BCUT2D eigenvalue weighted by Gasteiger charge is -2.59. The van der Waals surface area contributed by atoms with Gasteiger partial charge >= 0.3 is 12.1 Å². The molecule has 5 aliphatic carbocycles. The molecular weight excluding hydrogens is 744 g/mol. The number of carboxylic acid groups (broad SMARTS) is 1. The van der Waals surface area contributed by atoms with Crippen LogP contribution in [0.1, 0.15) is 92.7 Å². The first-order chi connectivity index (χ1) is 26.3. The minimum Gasteiger partial charge on any atom is -0.490 e. The number of rotatable bonds is 8. The number of amides is 1. The number of aromatic nitrogens is 4. The molecular formula is C39H41F5N6O4S. The van der Waals surface area contributed by atoms with Crippen LogP contribution in [0.15, 0.2) is 42.2 Å². The highest BCUT2D eigenvalue weighted by Crippen LogP contribution is 2.58. The number of fused-ring (bicyclic) bond motifs is 1. The van der Waals surface area contributed by atoms with E-state index in [0.717, 1.165) is 43.7 Å².